The highest BCUT2D eigenvalue weighted by molar-refractivity contribution is 4.80. The summed E-state index contributed by atoms with van der Waals surface area (Å²) in [5.41, 5.74) is 0. The molecule has 0 saturated carbocycles. The second-order valence-electron chi connectivity index (χ2n) is 3.52. The van der Waals surface area contributed by atoms with E-state index in [1.165, 1.54) is 38.8 Å². The van der Waals surface area contributed by atoms with Gasteiger partial charge in [-0.1, -0.05) is 45.3 Å². The summed E-state index contributed by atoms with van der Waals surface area (Å²) in [6, 6.07) is 0. The van der Waals surface area contributed by atoms with Gasteiger partial charge in [0.2, 0.25) is 0 Å². The van der Waals surface area contributed by atoms with Gasteiger partial charge in [-0.2, -0.15) is 0 Å². The molecule has 78 valence electrons. The fourth-order valence-corrected chi connectivity index (χ4v) is 1.40. The maximum Gasteiger partial charge on any atom is 0.0162 e. The molecule has 0 spiro atoms. The van der Waals surface area contributed by atoms with Crippen molar-refractivity contribution in [3.8, 4) is 0 Å². The summed E-state index contributed by atoms with van der Waals surface area (Å²) in [5.74, 6) is 0. The summed E-state index contributed by atoms with van der Waals surface area (Å²) in [5, 5.41) is 0. The van der Waals surface area contributed by atoms with Crippen molar-refractivity contribution < 1.29 is 0 Å². The molecule has 0 atom stereocenters. The highest BCUT2D eigenvalue weighted by atomic mass is 15.1. The SMILES string of the molecule is C/C=C\CN(CC)CCCCCC. The fraction of sp³-hybridized carbons (Fsp3) is 0.833. The lowest BCUT2D eigenvalue weighted by Gasteiger charge is -2.17. The number of hydrogen-bond acceptors (Lipinski definition) is 1. The van der Waals surface area contributed by atoms with E-state index in [-0.39, 0.29) is 0 Å². The monoisotopic (exact) mass is 183 g/mol. The van der Waals surface area contributed by atoms with E-state index in [1.54, 1.807) is 0 Å². The third-order valence-corrected chi connectivity index (χ3v) is 2.37. The standard InChI is InChI=1S/C12H25N/c1-4-7-9-10-12-13(6-3)11-8-5-2/h5,8H,4,6-7,9-12H2,1-3H3/b8-5-. The lowest BCUT2D eigenvalue weighted by atomic mass is 10.2. The third-order valence-electron chi connectivity index (χ3n) is 2.37. The minimum absolute atomic E-state index is 1.12. The Balaban J connectivity index is 3.36. The fourth-order valence-electron chi connectivity index (χ4n) is 1.40. The van der Waals surface area contributed by atoms with Crippen molar-refractivity contribution in [1.29, 1.82) is 0 Å². The van der Waals surface area contributed by atoms with Crippen LogP contribution >= 0.6 is 0 Å². The summed E-state index contributed by atoms with van der Waals surface area (Å²) >= 11 is 0. The van der Waals surface area contributed by atoms with Gasteiger partial charge in [-0.3, -0.25) is 4.90 Å². The molecule has 0 aromatic heterocycles. The molecule has 0 aliphatic rings. The van der Waals surface area contributed by atoms with Crippen LogP contribution in [0.2, 0.25) is 0 Å². The van der Waals surface area contributed by atoms with E-state index in [0.29, 0.717) is 0 Å². The lowest BCUT2D eigenvalue weighted by molar-refractivity contribution is 0.310. The van der Waals surface area contributed by atoms with Gasteiger partial charge in [-0.25, -0.2) is 0 Å². The maximum atomic E-state index is 2.50. The molecule has 13 heavy (non-hydrogen) atoms. The Morgan fingerprint density at radius 2 is 1.85 bits per heavy atom. The Kier molecular flexibility index (Phi) is 9.56. The first-order valence-electron chi connectivity index (χ1n) is 5.68. The zero-order chi connectivity index (χ0) is 9.94. The van der Waals surface area contributed by atoms with Gasteiger partial charge in [-0.05, 0) is 26.4 Å². The Morgan fingerprint density at radius 3 is 2.38 bits per heavy atom. The zero-order valence-corrected chi connectivity index (χ0v) is 9.55. The Labute approximate surface area is 83.8 Å². The quantitative estimate of drug-likeness (QED) is 0.411. The first kappa shape index (κ1) is 12.7. The van der Waals surface area contributed by atoms with Crippen molar-refractivity contribution in [2.75, 3.05) is 19.6 Å². The van der Waals surface area contributed by atoms with Crippen molar-refractivity contribution in [3.05, 3.63) is 12.2 Å². The summed E-state index contributed by atoms with van der Waals surface area (Å²) < 4.78 is 0. The summed E-state index contributed by atoms with van der Waals surface area (Å²) in [6.07, 6.45) is 9.85. The Morgan fingerprint density at radius 1 is 1.08 bits per heavy atom. The van der Waals surface area contributed by atoms with Crippen molar-refractivity contribution in [2.45, 2.75) is 46.5 Å². The van der Waals surface area contributed by atoms with Gasteiger partial charge < -0.3 is 0 Å². The van der Waals surface area contributed by atoms with Gasteiger partial charge in [0, 0.05) is 6.54 Å². The molecule has 0 saturated heterocycles. The van der Waals surface area contributed by atoms with E-state index in [4.69, 9.17) is 0 Å². The molecule has 0 bridgehead atoms. The average Bonchev–Trinajstić information content (AvgIpc) is 2.17. The van der Waals surface area contributed by atoms with E-state index in [2.05, 4.69) is 37.8 Å². The number of allylic oxidation sites excluding steroid dienone is 1. The van der Waals surface area contributed by atoms with E-state index < -0.39 is 0 Å². The molecule has 0 amide bonds. The van der Waals surface area contributed by atoms with E-state index in [0.717, 1.165) is 6.54 Å². The third kappa shape index (κ3) is 8.04. The number of likely N-dealkylation sites (N-methyl/N-ethyl adjacent to an activating group) is 1. The second kappa shape index (κ2) is 9.79. The molecule has 0 unspecified atom stereocenters. The summed E-state index contributed by atoms with van der Waals surface area (Å²) in [7, 11) is 0. The predicted molar refractivity (Wildman–Crippen MR) is 61.1 cm³/mol. The van der Waals surface area contributed by atoms with Crippen LogP contribution in [-0.2, 0) is 0 Å². The number of hydrogen-bond donors (Lipinski definition) is 0. The molecule has 1 nitrogen and oxygen atoms in total. The molecule has 0 aliphatic heterocycles. The molecule has 0 aromatic rings. The van der Waals surface area contributed by atoms with Gasteiger partial charge in [0.05, 0.1) is 0 Å². The van der Waals surface area contributed by atoms with E-state index >= 15 is 0 Å². The molecule has 0 aromatic carbocycles. The van der Waals surface area contributed by atoms with E-state index in [1.807, 2.05) is 0 Å². The van der Waals surface area contributed by atoms with Crippen LogP contribution in [-0.4, -0.2) is 24.5 Å². The zero-order valence-electron chi connectivity index (χ0n) is 9.55. The highest BCUT2D eigenvalue weighted by Gasteiger charge is 1.98. The van der Waals surface area contributed by atoms with Gasteiger partial charge in [0.25, 0.3) is 0 Å². The molecule has 0 heterocycles. The van der Waals surface area contributed by atoms with Crippen LogP contribution in [0.25, 0.3) is 0 Å². The number of rotatable bonds is 8. The minimum atomic E-state index is 1.12. The average molecular weight is 183 g/mol. The molecule has 0 radical (unpaired) electrons. The van der Waals surface area contributed by atoms with Crippen molar-refractivity contribution >= 4 is 0 Å². The van der Waals surface area contributed by atoms with Crippen LogP contribution < -0.4 is 0 Å². The van der Waals surface area contributed by atoms with Gasteiger partial charge >= 0.3 is 0 Å². The summed E-state index contributed by atoms with van der Waals surface area (Å²) in [4.78, 5) is 2.50. The molecule has 0 N–H and O–H groups in total. The number of nitrogens with zero attached hydrogens (tertiary/aromatic N) is 1. The largest absolute Gasteiger partial charge is 0.300 e. The van der Waals surface area contributed by atoms with Crippen molar-refractivity contribution in [1.82, 2.24) is 4.90 Å². The molecular weight excluding hydrogens is 158 g/mol. The van der Waals surface area contributed by atoms with Gasteiger partial charge in [0.15, 0.2) is 0 Å². The maximum absolute atomic E-state index is 2.50. The summed E-state index contributed by atoms with van der Waals surface area (Å²) in [6.45, 7) is 10.2. The Bertz CT molecular complexity index is 118. The predicted octanol–water partition coefficient (Wildman–Crippen LogP) is 3.46. The van der Waals surface area contributed by atoms with Crippen LogP contribution in [0.3, 0.4) is 0 Å². The van der Waals surface area contributed by atoms with Crippen LogP contribution in [0, 0.1) is 0 Å². The molecule has 0 fully saturated rings. The van der Waals surface area contributed by atoms with Crippen LogP contribution in [0.15, 0.2) is 12.2 Å². The number of unbranched alkanes of at least 4 members (excludes halogenated alkanes) is 3. The first-order chi connectivity index (χ1) is 6.35. The van der Waals surface area contributed by atoms with Crippen LogP contribution in [0.5, 0.6) is 0 Å². The van der Waals surface area contributed by atoms with Gasteiger partial charge in [0.1, 0.15) is 0 Å². The smallest absolute Gasteiger partial charge is 0.0162 e. The van der Waals surface area contributed by atoms with Crippen LogP contribution in [0.1, 0.15) is 46.5 Å². The van der Waals surface area contributed by atoms with E-state index in [9.17, 15) is 0 Å². The molecule has 1 heteroatoms. The van der Waals surface area contributed by atoms with Crippen LogP contribution in [0.4, 0.5) is 0 Å². The van der Waals surface area contributed by atoms with Gasteiger partial charge in [-0.15, -0.1) is 0 Å². The molecular formula is C12H25N. The lowest BCUT2D eigenvalue weighted by Crippen LogP contribution is -2.24. The minimum Gasteiger partial charge on any atom is -0.300 e. The normalized spacial score (nSPS) is 11.7. The second-order valence-corrected chi connectivity index (χ2v) is 3.52. The van der Waals surface area contributed by atoms with Crippen molar-refractivity contribution in [2.24, 2.45) is 0 Å². The Hall–Kier alpha value is -0.300. The highest BCUT2D eigenvalue weighted by Crippen LogP contribution is 2.01. The molecule has 0 rings (SSSR count). The molecule has 0 aliphatic carbocycles. The van der Waals surface area contributed by atoms with Crippen molar-refractivity contribution in [3.63, 3.8) is 0 Å². The topological polar surface area (TPSA) is 3.24 Å². The first-order valence-corrected chi connectivity index (χ1v) is 5.68.